The molecule has 0 saturated carbocycles. The number of ketones is 1. The molecule has 0 atom stereocenters. The lowest BCUT2D eigenvalue weighted by Gasteiger charge is -2.01. The Morgan fingerprint density at radius 2 is 1.81 bits per heavy atom. The zero-order valence-electron chi connectivity index (χ0n) is 11.5. The van der Waals surface area contributed by atoms with E-state index in [1.807, 2.05) is 0 Å². The maximum atomic E-state index is 13.3. The first-order valence-electron chi connectivity index (χ1n) is 6.47. The van der Waals surface area contributed by atoms with E-state index in [0.717, 1.165) is 0 Å². The molecule has 0 aliphatic rings. The van der Waals surface area contributed by atoms with Crippen LogP contribution in [-0.2, 0) is 0 Å². The monoisotopic (exact) mass is 286 g/mol. The highest BCUT2D eigenvalue weighted by Crippen LogP contribution is 2.28. The van der Waals surface area contributed by atoms with Gasteiger partial charge < -0.3 is 4.42 Å². The van der Waals surface area contributed by atoms with Gasteiger partial charge in [0.15, 0.2) is 5.76 Å². The van der Waals surface area contributed by atoms with Crippen LogP contribution >= 0.6 is 0 Å². The van der Waals surface area contributed by atoms with Crippen molar-refractivity contribution in [3.63, 3.8) is 0 Å². The summed E-state index contributed by atoms with van der Waals surface area (Å²) in [5.74, 6) is -0.938. The Kier molecular flexibility index (Phi) is 3.09. The molecule has 0 saturated heterocycles. The van der Waals surface area contributed by atoms with Crippen molar-refractivity contribution < 1.29 is 18.0 Å². The van der Waals surface area contributed by atoms with Gasteiger partial charge in [0.1, 0.15) is 17.2 Å². The van der Waals surface area contributed by atoms with Crippen molar-refractivity contribution in [1.82, 2.24) is 0 Å². The number of halogens is 2. The largest absolute Gasteiger partial charge is 0.452 e. The van der Waals surface area contributed by atoms with Crippen LogP contribution in [0.1, 0.15) is 27.2 Å². The molecule has 0 aliphatic carbocycles. The van der Waals surface area contributed by atoms with Crippen LogP contribution in [0.4, 0.5) is 8.78 Å². The zero-order chi connectivity index (χ0) is 15.1. The Morgan fingerprint density at radius 1 is 1.05 bits per heavy atom. The Balaban J connectivity index is 2.13. The Morgan fingerprint density at radius 3 is 2.52 bits per heavy atom. The van der Waals surface area contributed by atoms with Crippen molar-refractivity contribution in [1.29, 1.82) is 0 Å². The number of hydrogen-bond acceptors (Lipinski definition) is 2. The third kappa shape index (κ3) is 2.23. The van der Waals surface area contributed by atoms with Gasteiger partial charge in [-0.25, -0.2) is 8.78 Å². The molecule has 2 aromatic carbocycles. The molecule has 2 nitrogen and oxygen atoms in total. The molecule has 0 N–H and O–H groups in total. The van der Waals surface area contributed by atoms with E-state index in [2.05, 4.69) is 0 Å². The first kappa shape index (κ1) is 13.5. The van der Waals surface area contributed by atoms with Gasteiger partial charge in [-0.05, 0) is 55.8 Å². The van der Waals surface area contributed by atoms with Gasteiger partial charge in [0, 0.05) is 16.5 Å². The fourth-order valence-corrected chi connectivity index (χ4v) is 2.33. The minimum atomic E-state index is -0.386. The average Bonchev–Trinajstić information content (AvgIpc) is 2.78. The second-order valence-electron chi connectivity index (χ2n) is 4.99. The second-order valence-corrected chi connectivity index (χ2v) is 4.99. The van der Waals surface area contributed by atoms with Crippen LogP contribution in [-0.4, -0.2) is 5.78 Å². The molecule has 1 aromatic heterocycles. The van der Waals surface area contributed by atoms with Gasteiger partial charge in [0.2, 0.25) is 5.78 Å². The molecular weight excluding hydrogens is 274 g/mol. The molecule has 4 heteroatoms. The SMILES string of the molecule is Cc1cc(C(=O)c2oc3ccc(F)cc3c2C)ccc1F. The Bertz CT molecular complexity index is 863. The van der Waals surface area contributed by atoms with E-state index in [0.29, 0.717) is 27.7 Å². The van der Waals surface area contributed by atoms with Crippen molar-refractivity contribution in [2.75, 3.05) is 0 Å². The number of rotatable bonds is 2. The standard InChI is InChI=1S/C17H12F2O2/c1-9-7-11(3-5-14(9)19)16(20)17-10(2)13-8-12(18)4-6-15(13)21-17/h3-8H,1-2H3. The summed E-state index contributed by atoms with van der Waals surface area (Å²) in [6, 6.07) is 8.25. The first-order chi connectivity index (χ1) is 9.97. The van der Waals surface area contributed by atoms with E-state index >= 15 is 0 Å². The molecule has 21 heavy (non-hydrogen) atoms. The zero-order valence-corrected chi connectivity index (χ0v) is 11.5. The van der Waals surface area contributed by atoms with Crippen molar-refractivity contribution >= 4 is 16.8 Å². The Labute approximate surface area is 120 Å². The highest BCUT2D eigenvalue weighted by Gasteiger charge is 2.20. The van der Waals surface area contributed by atoms with Crippen LogP contribution in [0.5, 0.6) is 0 Å². The van der Waals surface area contributed by atoms with Gasteiger partial charge in [0.25, 0.3) is 0 Å². The minimum Gasteiger partial charge on any atom is -0.452 e. The summed E-state index contributed by atoms with van der Waals surface area (Å²) < 4.78 is 32.1. The predicted molar refractivity (Wildman–Crippen MR) is 75.5 cm³/mol. The smallest absolute Gasteiger partial charge is 0.228 e. The van der Waals surface area contributed by atoms with Crippen molar-refractivity contribution in [2.45, 2.75) is 13.8 Å². The van der Waals surface area contributed by atoms with Crippen LogP contribution in [0.3, 0.4) is 0 Å². The van der Waals surface area contributed by atoms with Gasteiger partial charge in [0.05, 0.1) is 0 Å². The van der Waals surface area contributed by atoms with Gasteiger partial charge in [-0.2, -0.15) is 0 Å². The number of carbonyl (C=O) groups excluding carboxylic acids is 1. The van der Waals surface area contributed by atoms with Crippen LogP contribution in [0.15, 0.2) is 40.8 Å². The molecule has 0 spiro atoms. The molecule has 0 aliphatic heterocycles. The van der Waals surface area contributed by atoms with Crippen LogP contribution in [0, 0.1) is 25.5 Å². The molecule has 3 aromatic rings. The van der Waals surface area contributed by atoms with Crippen LogP contribution in [0.2, 0.25) is 0 Å². The van der Waals surface area contributed by atoms with Crippen LogP contribution < -0.4 is 0 Å². The summed E-state index contributed by atoms with van der Waals surface area (Å²) in [5.41, 5.74) is 1.77. The molecule has 3 rings (SSSR count). The van der Waals surface area contributed by atoms with E-state index in [-0.39, 0.29) is 23.2 Å². The Hall–Kier alpha value is -2.49. The topological polar surface area (TPSA) is 30.2 Å². The van der Waals surface area contributed by atoms with E-state index < -0.39 is 0 Å². The van der Waals surface area contributed by atoms with Crippen molar-refractivity contribution in [2.24, 2.45) is 0 Å². The number of furan rings is 1. The maximum Gasteiger partial charge on any atom is 0.228 e. The number of aryl methyl sites for hydroxylation is 2. The molecule has 0 unspecified atom stereocenters. The van der Waals surface area contributed by atoms with Gasteiger partial charge in [-0.3, -0.25) is 4.79 Å². The number of hydrogen-bond donors (Lipinski definition) is 0. The highest BCUT2D eigenvalue weighted by atomic mass is 19.1. The summed E-state index contributed by atoms with van der Waals surface area (Å²) in [6.45, 7) is 3.29. The average molecular weight is 286 g/mol. The normalized spacial score (nSPS) is 11.0. The third-order valence-electron chi connectivity index (χ3n) is 3.52. The number of benzene rings is 2. The lowest BCUT2D eigenvalue weighted by atomic mass is 10.0. The maximum absolute atomic E-state index is 13.3. The molecule has 0 radical (unpaired) electrons. The summed E-state index contributed by atoms with van der Waals surface area (Å²) in [7, 11) is 0. The molecule has 0 fully saturated rings. The van der Waals surface area contributed by atoms with Crippen molar-refractivity contribution in [3.05, 3.63) is 70.5 Å². The lowest BCUT2D eigenvalue weighted by molar-refractivity contribution is 0.101. The summed E-state index contributed by atoms with van der Waals surface area (Å²) >= 11 is 0. The van der Waals surface area contributed by atoms with E-state index in [4.69, 9.17) is 4.42 Å². The van der Waals surface area contributed by atoms with Gasteiger partial charge in [-0.15, -0.1) is 0 Å². The lowest BCUT2D eigenvalue weighted by Crippen LogP contribution is -2.02. The van der Waals surface area contributed by atoms with Crippen molar-refractivity contribution in [3.8, 4) is 0 Å². The van der Waals surface area contributed by atoms with Gasteiger partial charge in [-0.1, -0.05) is 0 Å². The van der Waals surface area contributed by atoms with Gasteiger partial charge >= 0.3 is 0 Å². The fraction of sp³-hybridized carbons (Fsp3) is 0.118. The summed E-state index contributed by atoms with van der Waals surface area (Å²) in [4.78, 5) is 12.5. The summed E-state index contributed by atoms with van der Waals surface area (Å²) in [5, 5.41) is 0.567. The molecule has 106 valence electrons. The van der Waals surface area contributed by atoms with E-state index in [1.54, 1.807) is 13.8 Å². The third-order valence-corrected chi connectivity index (χ3v) is 3.52. The minimum absolute atomic E-state index is 0.154. The predicted octanol–water partition coefficient (Wildman–Crippen LogP) is 4.56. The molecule has 1 heterocycles. The fourth-order valence-electron chi connectivity index (χ4n) is 2.33. The molecular formula is C17H12F2O2. The number of fused-ring (bicyclic) bond motifs is 1. The quantitative estimate of drug-likeness (QED) is 0.646. The second kappa shape index (κ2) is 4.81. The first-order valence-corrected chi connectivity index (χ1v) is 6.47. The molecule has 0 amide bonds. The van der Waals surface area contributed by atoms with E-state index in [1.165, 1.54) is 36.4 Å². The summed E-state index contributed by atoms with van der Waals surface area (Å²) in [6.07, 6.45) is 0. The molecule has 0 bridgehead atoms. The van der Waals surface area contributed by atoms with Crippen LogP contribution in [0.25, 0.3) is 11.0 Å². The highest BCUT2D eigenvalue weighted by molar-refractivity contribution is 6.10. The number of carbonyl (C=O) groups is 1. The van der Waals surface area contributed by atoms with E-state index in [9.17, 15) is 13.6 Å².